The van der Waals surface area contributed by atoms with E-state index in [1.54, 1.807) is 6.07 Å². The third-order valence-corrected chi connectivity index (χ3v) is 1.97. The molecule has 0 aliphatic carbocycles. The molecule has 0 saturated heterocycles. The van der Waals surface area contributed by atoms with Crippen LogP contribution in [0, 0.1) is 0 Å². The predicted molar refractivity (Wildman–Crippen MR) is 57.5 cm³/mol. The Bertz CT molecular complexity index is 495. The monoisotopic (exact) mass is 211 g/mol. The van der Waals surface area contributed by atoms with Crippen molar-refractivity contribution in [3.8, 4) is 0 Å². The lowest BCUT2D eigenvalue weighted by molar-refractivity contribution is 0.900. The van der Waals surface area contributed by atoms with E-state index in [-0.39, 0.29) is 18.0 Å². The molecule has 4 nitrogen and oxygen atoms in total. The molecule has 0 aliphatic heterocycles. The van der Waals surface area contributed by atoms with Gasteiger partial charge in [-0.15, -0.1) is 12.4 Å². The molecular formula is C9H10ClN3O. The van der Waals surface area contributed by atoms with Crippen LogP contribution in [0.5, 0.6) is 0 Å². The van der Waals surface area contributed by atoms with Gasteiger partial charge in [-0.3, -0.25) is 4.79 Å². The summed E-state index contributed by atoms with van der Waals surface area (Å²) in [5.74, 6) is 0. The summed E-state index contributed by atoms with van der Waals surface area (Å²) in [5.41, 5.74) is 6.03. The van der Waals surface area contributed by atoms with Gasteiger partial charge in [-0.2, -0.15) is 5.10 Å². The number of benzene rings is 1. The Balaban J connectivity index is 0.000000980. The van der Waals surface area contributed by atoms with E-state index < -0.39 is 0 Å². The average molecular weight is 212 g/mol. The third kappa shape index (κ3) is 1.62. The summed E-state index contributed by atoms with van der Waals surface area (Å²) in [4.78, 5) is 11.3. The van der Waals surface area contributed by atoms with Gasteiger partial charge in [-0.25, -0.2) is 5.10 Å². The normalized spacial score (nSPS) is 9.79. The molecule has 0 atom stereocenters. The molecule has 3 N–H and O–H groups in total. The van der Waals surface area contributed by atoms with Crippen LogP contribution in [0.15, 0.2) is 29.1 Å². The van der Waals surface area contributed by atoms with Crippen molar-refractivity contribution in [1.82, 2.24) is 10.2 Å². The molecule has 1 aromatic heterocycles. The number of nitrogens with two attached hydrogens (primary N) is 1. The fourth-order valence-electron chi connectivity index (χ4n) is 1.33. The van der Waals surface area contributed by atoms with E-state index in [0.717, 1.165) is 11.1 Å². The molecule has 1 heterocycles. The molecule has 14 heavy (non-hydrogen) atoms. The number of hydrogen-bond donors (Lipinski definition) is 2. The van der Waals surface area contributed by atoms with Crippen molar-refractivity contribution in [3.63, 3.8) is 0 Å². The van der Waals surface area contributed by atoms with Gasteiger partial charge in [0.05, 0.1) is 11.1 Å². The molecule has 0 saturated carbocycles. The Kier molecular flexibility index (Phi) is 3.22. The highest BCUT2D eigenvalue weighted by Gasteiger charge is 2.02. The molecule has 2 aromatic rings. The SMILES string of the molecule is Cl.NCc1n[nH]c(=O)c2ccccc12. The Labute approximate surface area is 86.5 Å². The minimum Gasteiger partial charge on any atom is -0.325 e. The van der Waals surface area contributed by atoms with Crippen LogP contribution in [-0.4, -0.2) is 10.2 Å². The Hall–Kier alpha value is -1.39. The molecule has 1 aromatic carbocycles. The maximum absolute atomic E-state index is 11.3. The summed E-state index contributed by atoms with van der Waals surface area (Å²) in [7, 11) is 0. The summed E-state index contributed by atoms with van der Waals surface area (Å²) in [5, 5.41) is 7.74. The number of rotatable bonds is 1. The maximum atomic E-state index is 11.3. The van der Waals surface area contributed by atoms with Crippen molar-refractivity contribution < 1.29 is 0 Å². The van der Waals surface area contributed by atoms with Crippen LogP contribution < -0.4 is 11.3 Å². The molecular weight excluding hydrogens is 202 g/mol. The van der Waals surface area contributed by atoms with E-state index in [4.69, 9.17) is 5.73 Å². The third-order valence-electron chi connectivity index (χ3n) is 1.97. The molecule has 74 valence electrons. The van der Waals surface area contributed by atoms with E-state index in [1.807, 2.05) is 18.2 Å². The van der Waals surface area contributed by atoms with Crippen molar-refractivity contribution in [2.45, 2.75) is 6.54 Å². The minimum atomic E-state index is -0.173. The second kappa shape index (κ2) is 4.21. The van der Waals surface area contributed by atoms with Gasteiger partial charge < -0.3 is 5.73 Å². The zero-order valence-electron chi connectivity index (χ0n) is 7.36. The van der Waals surface area contributed by atoms with Gasteiger partial charge in [-0.05, 0) is 6.07 Å². The van der Waals surface area contributed by atoms with Crippen LogP contribution in [0.3, 0.4) is 0 Å². The first-order valence-electron chi connectivity index (χ1n) is 3.99. The molecule has 2 rings (SSSR count). The van der Waals surface area contributed by atoms with Gasteiger partial charge in [0, 0.05) is 11.9 Å². The van der Waals surface area contributed by atoms with Crippen molar-refractivity contribution in [2.24, 2.45) is 5.73 Å². The van der Waals surface area contributed by atoms with E-state index in [9.17, 15) is 4.79 Å². The highest BCUT2D eigenvalue weighted by atomic mass is 35.5. The summed E-state index contributed by atoms with van der Waals surface area (Å²) < 4.78 is 0. The van der Waals surface area contributed by atoms with Crippen molar-refractivity contribution in [2.75, 3.05) is 0 Å². The Morgan fingerprint density at radius 1 is 1.29 bits per heavy atom. The van der Waals surface area contributed by atoms with Gasteiger partial charge in [0.25, 0.3) is 5.56 Å². The number of hydrogen-bond acceptors (Lipinski definition) is 3. The molecule has 0 amide bonds. The summed E-state index contributed by atoms with van der Waals surface area (Å²) in [6.45, 7) is 0.331. The van der Waals surface area contributed by atoms with E-state index >= 15 is 0 Å². The Morgan fingerprint density at radius 2 is 1.93 bits per heavy atom. The fourth-order valence-corrected chi connectivity index (χ4v) is 1.33. The largest absolute Gasteiger partial charge is 0.325 e. The molecule has 0 aliphatic rings. The van der Waals surface area contributed by atoms with Crippen LogP contribution in [0.25, 0.3) is 10.8 Å². The summed E-state index contributed by atoms with van der Waals surface area (Å²) in [6, 6.07) is 7.29. The van der Waals surface area contributed by atoms with Crippen molar-refractivity contribution >= 4 is 23.2 Å². The number of aromatic nitrogens is 2. The van der Waals surface area contributed by atoms with E-state index in [2.05, 4.69) is 10.2 Å². The molecule has 0 fully saturated rings. The average Bonchev–Trinajstić information content (AvgIpc) is 2.19. The number of aromatic amines is 1. The van der Waals surface area contributed by atoms with Crippen LogP contribution in [-0.2, 0) is 6.54 Å². The number of nitrogens with zero attached hydrogens (tertiary/aromatic N) is 1. The Morgan fingerprint density at radius 3 is 2.57 bits per heavy atom. The highest BCUT2D eigenvalue weighted by molar-refractivity contribution is 5.85. The lowest BCUT2D eigenvalue weighted by Crippen LogP contribution is -2.12. The number of nitrogens with one attached hydrogen (secondary N) is 1. The molecule has 5 heteroatoms. The van der Waals surface area contributed by atoms with Gasteiger partial charge in [-0.1, -0.05) is 18.2 Å². The topological polar surface area (TPSA) is 71.8 Å². The van der Waals surface area contributed by atoms with Crippen molar-refractivity contribution in [1.29, 1.82) is 0 Å². The zero-order chi connectivity index (χ0) is 9.26. The fraction of sp³-hybridized carbons (Fsp3) is 0.111. The number of H-pyrrole nitrogens is 1. The standard InChI is InChI=1S/C9H9N3O.ClH/c10-5-8-6-3-1-2-4-7(6)9(13)12-11-8;/h1-4H,5,10H2,(H,12,13);1H. The molecule has 0 radical (unpaired) electrons. The first-order chi connectivity index (χ1) is 6.33. The molecule has 0 bridgehead atoms. The molecule has 0 unspecified atom stereocenters. The second-order valence-corrected chi connectivity index (χ2v) is 2.75. The lowest BCUT2D eigenvalue weighted by Gasteiger charge is -2.00. The van der Waals surface area contributed by atoms with Crippen molar-refractivity contribution in [3.05, 3.63) is 40.3 Å². The van der Waals surface area contributed by atoms with Crippen LogP contribution in [0.4, 0.5) is 0 Å². The minimum absolute atomic E-state index is 0. The summed E-state index contributed by atoms with van der Waals surface area (Å²) >= 11 is 0. The maximum Gasteiger partial charge on any atom is 0.272 e. The van der Waals surface area contributed by atoms with E-state index in [0.29, 0.717) is 11.9 Å². The quantitative estimate of drug-likeness (QED) is 0.733. The second-order valence-electron chi connectivity index (χ2n) is 2.75. The first-order valence-corrected chi connectivity index (χ1v) is 3.99. The number of halogens is 1. The van der Waals surface area contributed by atoms with Crippen LogP contribution in [0.2, 0.25) is 0 Å². The zero-order valence-corrected chi connectivity index (χ0v) is 8.17. The lowest BCUT2D eigenvalue weighted by atomic mass is 10.1. The first kappa shape index (κ1) is 10.7. The van der Waals surface area contributed by atoms with Gasteiger partial charge in [0.15, 0.2) is 0 Å². The van der Waals surface area contributed by atoms with Crippen LogP contribution in [0.1, 0.15) is 5.69 Å². The summed E-state index contributed by atoms with van der Waals surface area (Å²) in [6.07, 6.45) is 0. The predicted octanol–water partition coefficient (Wildman–Crippen LogP) is 0.804. The van der Waals surface area contributed by atoms with Gasteiger partial charge in [0.2, 0.25) is 0 Å². The number of fused-ring (bicyclic) bond motifs is 1. The van der Waals surface area contributed by atoms with Crippen LogP contribution >= 0.6 is 12.4 Å². The highest BCUT2D eigenvalue weighted by Crippen LogP contribution is 2.10. The molecule has 0 spiro atoms. The van der Waals surface area contributed by atoms with E-state index in [1.165, 1.54) is 0 Å². The van der Waals surface area contributed by atoms with Gasteiger partial charge >= 0.3 is 0 Å². The smallest absolute Gasteiger partial charge is 0.272 e. The van der Waals surface area contributed by atoms with Gasteiger partial charge in [0.1, 0.15) is 0 Å².